The molecule has 1 aliphatic rings. The van der Waals surface area contributed by atoms with Gasteiger partial charge in [0, 0.05) is 38.3 Å². The number of hydrogen-bond acceptors (Lipinski definition) is 8. The normalized spacial score (nSPS) is 15.3. The number of amides is 1. The number of carbonyl (C=O) groups excluding carboxylic acids is 1. The van der Waals surface area contributed by atoms with Crippen molar-refractivity contribution in [3.8, 4) is 17.2 Å². The van der Waals surface area contributed by atoms with Crippen molar-refractivity contribution in [2.24, 2.45) is 5.10 Å². The smallest absolute Gasteiger partial charge is 0.254 e. The summed E-state index contributed by atoms with van der Waals surface area (Å²) >= 11 is 0. The zero-order valence-electron chi connectivity index (χ0n) is 19.8. The lowest BCUT2D eigenvalue weighted by Gasteiger charge is -2.33. The van der Waals surface area contributed by atoms with E-state index in [0.717, 1.165) is 5.56 Å². The van der Waals surface area contributed by atoms with Gasteiger partial charge in [0.05, 0.1) is 44.5 Å². The molecule has 2 aromatic carbocycles. The minimum Gasteiger partial charge on any atom is -0.496 e. The van der Waals surface area contributed by atoms with Crippen LogP contribution in [-0.2, 0) is 14.8 Å². The van der Waals surface area contributed by atoms with Gasteiger partial charge in [0.2, 0.25) is 10.0 Å². The highest BCUT2D eigenvalue weighted by Gasteiger charge is 2.29. The second-order valence-electron chi connectivity index (χ2n) is 7.73. The van der Waals surface area contributed by atoms with E-state index in [1.807, 2.05) is 11.8 Å². The van der Waals surface area contributed by atoms with E-state index in [1.54, 1.807) is 43.5 Å². The first-order valence-corrected chi connectivity index (χ1v) is 12.1. The van der Waals surface area contributed by atoms with E-state index >= 15 is 0 Å². The summed E-state index contributed by atoms with van der Waals surface area (Å²) in [6, 6.07) is 10.2. The summed E-state index contributed by atoms with van der Waals surface area (Å²) in [5, 5.41) is 4.02. The van der Waals surface area contributed by atoms with E-state index in [0.29, 0.717) is 49.0 Å². The summed E-state index contributed by atoms with van der Waals surface area (Å²) in [6.07, 6.45) is 1.45. The lowest BCUT2D eigenvalue weighted by atomic mass is 10.2. The molecule has 2 aromatic rings. The first-order chi connectivity index (χ1) is 16.3. The number of ether oxygens (including phenoxy) is 3. The van der Waals surface area contributed by atoms with Gasteiger partial charge < -0.3 is 14.2 Å². The zero-order chi connectivity index (χ0) is 24.7. The van der Waals surface area contributed by atoms with Crippen LogP contribution in [0.15, 0.2) is 46.4 Å². The highest BCUT2D eigenvalue weighted by atomic mass is 32.2. The topological polar surface area (TPSA) is 110 Å². The molecular weight excluding hydrogens is 460 g/mol. The Hall–Kier alpha value is -3.15. The van der Waals surface area contributed by atoms with Gasteiger partial charge in [-0.2, -0.15) is 9.41 Å². The maximum absolute atomic E-state index is 12.8. The molecule has 0 bridgehead atoms. The molecule has 1 N–H and O–H groups in total. The van der Waals surface area contributed by atoms with Crippen molar-refractivity contribution in [3.05, 3.63) is 47.5 Å². The standard InChI is InChI=1S/C23H30N4O6S/c1-17-5-7-19(8-6-17)34(29,30)27-11-9-26(10-12-27)16-23(28)25-24-15-20-21(32-3)13-18(31-2)14-22(20)33-4/h5-8,13-15H,9-12,16H2,1-4H3,(H,25,28)/b24-15+. The summed E-state index contributed by atoms with van der Waals surface area (Å²) in [5.41, 5.74) is 4.05. The summed E-state index contributed by atoms with van der Waals surface area (Å²) in [4.78, 5) is 14.5. The number of hydrogen-bond donors (Lipinski definition) is 1. The average molecular weight is 491 g/mol. The van der Waals surface area contributed by atoms with Crippen molar-refractivity contribution in [1.29, 1.82) is 0 Å². The number of hydrazone groups is 1. The molecule has 0 radical (unpaired) electrons. The minimum atomic E-state index is -3.54. The predicted molar refractivity (Wildman–Crippen MR) is 128 cm³/mol. The molecule has 34 heavy (non-hydrogen) atoms. The monoisotopic (exact) mass is 490 g/mol. The second-order valence-corrected chi connectivity index (χ2v) is 9.67. The third-order valence-electron chi connectivity index (χ3n) is 5.49. The Balaban J connectivity index is 1.54. The second kappa shape index (κ2) is 11.3. The van der Waals surface area contributed by atoms with Crippen molar-refractivity contribution < 1.29 is 27.4 Å². The van der Waals surface area contributed by atoms with Crippen LogP contribution in [0.1, 0.15) is 11.1 Å². The molecule has 184 valence electrons. The first-order valence-electron chi connectivity index (χ1n) is 10.7. The fourth-order valence-electron chi connectivity index (χ4n) is 3.55. The Morgan fingerprint density at radius 2 is 1.59 bits per heavy atom. The molecule has 1 heterocycles. The van der Waals surface area contributed by atoms with E-state index in [4.69, 9.17) is 14.2 Å². The van der Waals surface area contributed by atoms with Gasteiger partial charge in [0.15, 0.2) is 0 Å². The minimum absolute atomic E-state index is 0.104. The van der Waals surface area contributed by atoms with Gasteiger partial charge >= 0.3 is 0 Å². The van der Waals surface area contributed by atoms with Crippen LogP contribution in [0.2, 0.25) is 0 Å². The number of sulfonamides is 1. The number of methoxy groups -OCH3 is 3. The molecule has 1 fully saturated rings. The van der Waals surface area contributed by atoms with Gasteiger partial charge in [-0.15, -0.1) is 0 Å². The Morgan fingerprint density at radius 3 is 2.12 bits per heavy atom. The molecule has 10 nitrogen and oxygen atoms in total. The predicted octanol–water partition coefficient (Wildman–Crippen LogP) is 1.48. The van der Waals surface area contributed by atoms with E-state index in [2.05, 4.69) is 10.5 Å². The highest BCUT2D eigenvalue weighted by Crippen LogP contribution is 2.32. The van der Waals surface area contributed by atoms with Gasteiger partial charge in [-0.25, -0.2) is 13.8 Å². The number of nitrogens with zero attached hydrogens (tertiary/aromatic N) is 3. The summed E-state index contributed by atoms with van der Waals surface area (Å²) in [5.74, 6) is 1.23. The van der Waals surface area contributed by atoms with Gasteiger partial charge in [-0.1, -0.05) is 17.7 Å². The maximum Gasteiger partial charge on any atom is 0.254 e. The molecule has 11 heteroatoms. The lowest BCUT2D eigenvalue weighted by Crippen LogP contribution is -2.50. The van der Waals surface area contributed by atoms with Crippen LogP contribution in [0.4, 0.5) is 0 Å². The molecule has 1 aliphatic heterocycles. The SMILES string of the molecule is COc1cc(OC)c(/C=N/NC(=O)CN2CCN(S(=O)(=O)c3ccc(C)cc3)CC2)c(OC)c1. The fraction of sp³-hybridized carbons (Fsp3) is 0.391. The van der Waals surface area contributed by atoms with Crippen molar-refractivity contribution in [1.82, 2.24) is 14.6 Å². The number of benzene rings is 2. The van der Waals surface area contributed by atoms with Gasteiger partial charge in [-0.05, 0) is 19.1 Å². The Labute approximate surface area is 200 Å². The molecule has 0 aliphatic carbocycles. The summed E-state index contributed by atoms with van der Waals surface area (Å²) in [7, 11) is 1.03. The number of aryl methyl sites for hydroxylation is 1. The van der Waals surface area contributed by atoms with Crippen LogP contribution >= 0.6 is 0 Å². The third kappa shape index (κ3) is 6.04. The lowest BCUT2D eigenvalue weighted by molar-refractivity contribution is -0.122. The molecule has 0 saturated carbocycles. The maximum atomic E-state index is 12.8. The number of rotatable bonds is 9. The largest absolute Gasteiger partial charge is 0.496 e. The molecule has 3 rings (SSSR count). The Bertz CT molecular complexity index is 1100. The van der Waals surface area contributed by atoms with Crippen molar-refractivity contribution >= 4 is 22.1 Å². The van der Waals surface area contributed by atoms with E-state index in [9.17, 15) is 13.2 Å². The highest BCUT2D eigenvalue weighted by molar-refractivity contribution is 7.89. The number of carbonyl (C=O) groups is 1. The van der Waals surface area contributed by atoms with Crippen molar-refractivity contribution in [2.45, 2.75) is 11.8 Å². The fourth-order valence-corrected chi connectivity index (χ4v) is 4.98. The zero-order valence-corrected chi connectivity index (χ0v) is 20.6. The molecule has 0 atom stereocenters. The van der Waals surface area contributed by atoms with Gasteiger partial charge in [0.1, 0.15) is 17.2 Å². The number of nitrogens with one attached hydrogen (secondary N) is 1. The first kappa shape index (κ1) is 25.5. The van der Waals surface area contributed by atoms with Gasteiger partial charge in [-0.3, -0.25) is 9.69 Å². The molecule has 0 unspecified atom stereocenters. The van der Waals surface area contributed by atoms with E-state index in [-0.39, 0.29) is 17.3 Å². The van der Waals surface area contributed by atoms with E-state index < -0.39 is 10.0 Å². The Kier molecular flexibility index (Phi) is 8.48. The van der Waals surface area contributed by atoms with Crippen LogP contribution in [0.3, 0.4) is 0 Å². The van der Waals surface area contributed by atoms with Gasteiger partial charge in [0.25, 0.3) is 5.91 Å². The van der Waals surface area contributed by atoms with Crippen LogP contribution < -0.4 is 19.6 Å². The van der Waals surface area contributed by atoms with E-state index in [1.165, 1.54) is 24.7 Å². The van der Waals surface area contributed by atoms with Crippen LogP contribution in [0.5, 0.6) is 17.2 Å². The molecule has 1 saturated heterocycles. The van der Waals surface area contributed by atoms with Crippen molar-refractivity contribution in [2.75, 3.05) is 54.1 Å². The summed E-state index contributed by atoms with van der Waals surface area (Å²) in [6.45, 7) is 3.53. The Morgan fingerprint density at radius 1 is 1.00 bits per heavy atom. The summed E-state index contributed by atoms with van der Waals surface area (Å²) < 4.78 is 43.0. The van der Waals surface area contributed by atoms with Crippen molar-refractivity contribution in [3.63, 3.8) is 0 Å². The average Bonchev–Trinajstić information content (AvgIpc) is 2.84. The van der Waals surface area contributed by atoms with Crippen LogP contribution in [-0.4, -0.2) is 83.8 Å². The number of piperazine rings is 1. The third-order valence-corrected chi connectivity index (χ3v) is 7.41. The van der Waals surface area contributed by atoms with Crippen LogP contribution in [0.25, 0.3) is 0 Å². The van der Waals surface area contributed by atoms with Crippen LogP contribution in [0, 0.1) is 6.92 Å². The molecule has 1 amide bonds. The molecule has 0 spiro atoms. The molecule has 0 aromatic heterocycles. The quantitative estimate of drug-likeness (QED) is 0.419. The molecular formula is C23H30N4O6S.